The molecular weight excluding hydrogens is 484 g/mol. The zero-order valence-corrected chi connectivity index (χ0v) is 18.1. The Morgan fingerprint density at radius 2 is 2.07 bits per heavy atom. The first-order valence-electron chi connectivity index (χ1n) is 8.16. The van der Waals surface area contributed by atoms with Crippen LogP contribution >= 0.6 is 39.3 Å². The van der Waals surface area contributed by atoms with Crippen molar-refractivity contribution in [3.8, 4) is 11.5 Å². The minimum Gasteiger partial charge on any atom is -0.503 e. The third kappa shape index (κ3) is 4.75. The summed E-state index contributed by atoms with van der Waals surface area (Å²) in [5, 5.41) is 12.2. The van der Waals surface area contributed by atoms with Crippen LogP contribution < -0.4 is 10.1 Å². The first-order valence-corrected chi connectivity index (χ1v) is 10.1. The van der Waals surface area contributed by atoms with Crippen molar-refractivity contribution in [2.45, 2.75) is 0 Å². The molecule has 7 nitrogen and oxygen atoms in total. The lowest BCUT2D eigenvalue weighted by Crippen LogP contribution is -2.36. The fourth-order valence-corrected chi connectivity index (χ4v) is 4.00. The summed E-state index contributed by atoms with van der Waals surface area (Å²) in [5.41, 5.74) is 0.931. The number of phenolic OH excluding ortho intramolecular Hbond substituents is 1. The van der Waals surface area contributed by atoms with Gasteiger partial charge in [-0.2, -0.15) is 0 Å². The van der Waals surface area contributed by atoms with Gasteiger partial charge in [0.2, 0.25) is 5.91 Å². The minimum atomic E-state index is -0.586. The Labute approximate surface area is 183 Å². The molecule has 0 spiro atoms. The number of amides is 3. The van der Waals surface area contributed by atoms with Gasteiger partial charge in [-0.05, 0) is 63.6 Å². The molecule has 1 fully saturated rings. The van der Waals surface area contributed by atoms with Gasteiger partial charge in [-0.3, -0.25) is 19.3 Å². The largest absolute Gasteiger partial charge is 0.503 e. The second-order valence-corrected chi connectivity index (χ2v) is 8.10. The quantitative estimate of drug-likeness (QED) is 0.591. The molecule has 0 radical (unpaired) electrons. The number of carbonyl (C=O) groups excluding carboxylic acids is 3. The highest BCUT2D eigenvalue weighted by Crippen LogP contribution is 2.38. The maximum atomic E-state index is 12.6. The van der Waals surface area contributed by atoms with Crippen LogP contribution in [0.1, 0.15) is 5.56 Å². The summed E-state index contributed by atoms with van der Waals surface area (Å²) in [6, 6.07) is 9.76. The van der Waals surface area contributed by atoms with E-state index in [0.717, 1.165) is 16.7 Å². The number of thioether (sulfide) groups is 1. The van der Waals surface area contributed by atoms with E-state index >= 15 is 0 Å². The summed E-state index contributed by atoms with van der Waals surface area (Å²) < 4.78 is 5.45. The van der Waals surface area contributed by atoms with Crippen LogP contribution in [0.5, 0.6) is 11.5 Å². The minimum absolute atomic E-state index is 0.0750. The second-order valence-electron chi connectivity index (χ2n) is 5.85. The van der Waals surface area contributed by atoms with Crippen molar-refractivity contribution in [2.75, 3.05) is 19.0 Å². The van der Waals surface area contributed by atoms with E-state index in [1.54, 1.807) is 30.3 Å². The Bertz CT molecular complexity index is 1040. The summed E-state index contributed by atoms with van der Waals surface area (Å²) in [6.07, 6.45) is 1.49. The Balaban J connectivity index is 1.76. The zero-order valence-electron chi connectivity index (χ0n) is 14.9. The van der Waals surface area contributed by atoms with Gasteiger partial charge in [-0.25, -0.2) is 0 Å². The van der Waals surface area contributed by atoms with Crippen molar-refractivity contribution in [1.82, 2.24) is 4.90 Å². The molecule has 10 heteroatoms. The summed E-state index contributed by atoms with van der Waals surface area (Å²) in [5.74, 6) is -0.994. The van der Waals surface area contributed by atoms with E-state index < -0.39 is 23.6 Å². The van der Waals surface area contributed by atoms with Gasteiger partial charge in [0.1, 0.15) is 6.54 Å². The topological polar surface area (TPSA) is 95.9 Å². The number of aromatic hydroxyl groups is 1. The van der Waals surface area contributed by atoms with E-state index in [-0.39, 0.29) is 16.4 Å². The molecule has 3 amide bonds. The van der Waals surface area contributed by atoms with Gasteiger partial charge in [0.25, 0.3) is 11.1 Å². The van der Waals surface area contributed by atoms with E-state index in [1.807, 2.05) is 0 Å². The molecule has 0 aromatic heterocycles. The van der Waals surface area contributed by atoms with Gasteiger partial charge in [0, 0.05) is 0 Å². The highest BCUT2D eigenvalue weighted by molar-refractivity contribution is 9.10. The molecule has 2 aromatic carbocycles. The number of hydrogen-bond donors (Lipinski definition) is 2. The number of hydrogen-bond acceptors (Lipinski definition) is 6. The molecule has 29 heavy (non-hydrogen) atoms. The Morgan fingerprint density at radius 1 is 1.34 bits per heavy atom. The summed E-state index contributed by atoms with van der Waals surface area (Å²) in [7, 11) is 1.40. The molecule has 0 saturated carbocycles. The first kappa shape index (κ1) is 21.2. The Hall–Kier alpha value is -2.49. The molecule has 0 unspecified atom stereocenters. The number of benzene rings is 2. The number of carbonyl (C=O) groups is 3. The van der Waals surface area contributed by atoms with Gasteiger partial charge in [0.05, 0.1) is 27.2 Å². The summed E-state index contributed by atoms with van der Waals surface area (Å²) in [4.78, 5) is 38.1. The molecule has 1 saturated heterocycles. The van der Waals surface area contributed by atoms with Crippen LogP contribution in [0.4, 0.5) is 10.5 Å². The third-order valence-electron chi connectivity index (χ3n) is 3.89. The molecule has 1 aliphatic rings. The van der Waals surface area contributed by atoms with Crippen LogP contribution in [0.15, 0.2) is 45.8 Å². The number of para-hydroxylation sites is 1. The smallest absolute Gasteiger partial charge is 0.294 e. The molecule has 150 valence electrons. The fourth-order valence-electron chi connectivity index (χ4n) is 2.52. The van der Waals surface area contributed by atoms with Crippen LogP contribution in [0.25, 0.3) is 6.08 Å². The average molecular weight is 498 g/mol. The zero-order chi connectivity index (χ0) is 21.1. The lowest BCUT2D eigenvalue weighted by Gasteiger charge is -2.13. The number of halogens is 2. The predicted octanol–water partition coefficient (Wildman–Crippen LogP) is 4.49. The second kappa shape index (κ2) is 8.89. The number of methoxy groups -OCH3 is 1. The lowest BCUT2D eigenvalue weighted by atomic mass is 10.2. The monoisotopic (exact) mass is 496 g/mol. The molecule has 1 aliphatic heterocycles. The first-order chi connectivity index (χ1) is 13.8. The van der Waals surface area contributed by atoms with Crippen LogP contribution in [0.3, 0.4) is 0 Å². The Morgan fingerprint density at radius 3 is 2.76 bits per heavy atom. The lowest BCUT2D eigenvalue weighted by molar-refractivity contribution is -0.127. The molecule has 0 atom stereocenters. The average Bonchev–Trinajstić information content (AvgIpc) is 2.93. The van der Waals surface area contributed by atoms with Crippen molar-refractivity contribution in [2.24, 2.45) is 0 Å². The van der Waals surface area contributed by atoms with Crippen molar-refractivity contribution >= 4 is 68.1 Å². The number of phenols is 1. The van der Waals surface area contributed by atoms with E-state index in [4.69, 9.17) is 16.3 Å². The van der Waals surface area contributed by atoms with Gasteiger partial charge in [0.15, 0.2) is 11.5 Å². The Kier molecular flexibility index (Phi) is 6.51. The maximum Gasteiger partial charge on any atom is 0.294 e. The van der Waals surface area contributed by atoms with Crippen LogP contribution in [0, 0.1) is 0 Å². The SMILES string of the molecule is COc1cc(/C=C2/SC(=O)N(CC(=O)Nc3ccccc3Cl)C2=O)cc(Br)c1O. The van der Waals surface area contributed by atoms with Crippen LogP contribution in [-0.2, 0) is 9.59 Å². The molecule has 2 N–H and O–H groups in total. The molecule has 3 rings (SSSR count). The standard InChI is InChI=1S/C19H14BrClN2O5S/c1-28-14-7-10(6-11(20)17(14)25)8-15-18(26)23(19(27)29-15)9-16(24)22-13-5-3-2-4-12(13)21/h2-8,25H,9H2,1H3,(H,22,24)/b15-8+. The predicted molar refractivity (Wildman–Crippen MR) is 115 cm³/mol. The van der Waals surface area contributed by atoms with E-state index in [0.29, 0.717) is 20.7 Å². The fraction of sp³-hybridized carbons (Fsp3) is 0.105. The number of nitrogens with zero attached hydrogens (tertiary/aromatic N) is 1. The van der Waals surface area contributed by atoms with Crippen molar-refractivity contribution in [3.05, 3.63) is 56.4 Å². The molecule has 1 heterocycles. The molecule has 0 bridgehead atoms. The van der Waals surface area contributed by atoms with Crippen molar-refractivity contribution < 1.29 is 24.2 Å². The van der Waals surface area contributed by atoms with Gasteiger partial charge in [-0.15, -0.1) is 0 Å². The summed E-state index contributed by atoms with van der Waals surface area (Å²) in [6.45, 7) is -0.435. The van der Waals surface area contributed by atoms with E-state index in [2.05, 4.69) is 21.2 Å². The molecule has 2 aromatic rings. The molecule has 0 aliphatic carbocycles. The third-order valence-corrected chi connectivity index (χ3v) is 5.73. The van der Waals surface area contributed by atoms with E-state index in [1.165, 1.54) is 19.3 Å². The number of ether oxygens (including phenoxy) is 1. The number of rotatable bonds is 5. The van der Waals surface area contributed by atoms with Crippen molar-refractivity contribution in [1.29, 1.82) is 0 Å². The van der Waals surface area contributed by atoms with Gasteiger partial charge < -0.3 is 15.2 Å². The van der Waals surface area contributed by atoms with Crippen molar-refractivity contribution in [3.63, 3.8) is 0 Å². The van der Waals surface area contributed by atoms with E-state index in [9.17, 15) is 19.5 Å². The normalized spacial score (nSPS) is 15.1. The highest BCUT2D eigenvalue weighted by Gasteiger charge is 2.36. The van der Waals surface area contributed by atoms with Crippen LogP contribution in [0.2, 0.25) is 5.02 Å². The number of imide groups is 1. The maximum absolute atomic E-state index is 12.6. The number of anilines is 1. The van der Waals surface area contributed by atoms with Gasteiger partial charge >= 0.3 is 0 Å². The molecular formula is C19H14BrClN2O5S. The summed E-state index contributed by atoms with van der Waals surface area (Å²) >= 11 is 9.93. The number of nitrogens with one attached hydrogen (secondary N) is 1. The highest BCUT2D eigenvalue weighted by atomic mass is 79.9. The van der Waals surface area contributed by atoms with Crippen LogP contribution in [-0.4, -0.2) is 40.7 Å². The van der Waals surface area contributed by atoms with Gasteiger partial charge in [-0.1, -0.05) is 23.7 Å².